The van der Waals surface area contributed by atoms with E-state index in [0.717, 1.165) is 6.42 Å². The predicted octanol–water partition coefficient (Wildman–Crippen LogP) is 1.06. The van der Waals surface area contributed by atoms with Gasteiger partial charge in [0.25, 0.3) is 0 Å². The number of carbonyl (C=O) groups is 1. The first-order valence-corrected chi connectivity index (χ1v) is 4.00. The molecule has 0 saturated heterocycles. The molecule has 0 aromatic carbocycles. The molecule has 0 heterocycles. The Morgan fingerprint density at radius 2 is 2.33 bits per heavy atom. The van der Waals surface area contributed by atoms with Gasteiger partial charge in [-0.3, -0.25) is 4.79 Å². The van der Waals surface area contributed by atoms with Crippen LogP contribution in [0.25, 0.3) is 0 Å². The molecule has 0 saturated carbocycles. The Kier molecular flexibility index (Phi) is 7.19. The minimum absolute atomic E-state index is 0.187. The largest absolute Gasteiger partial charge is 0.466 e. The van der Waals surface area contributed by atoms with Crippen LogP contribution < -0.4 is 0 Å². The van der Waals surface area contributed by atoms with E-state index in [4.69, 9.17) is 4.74 Å². The number of hydrogen-bond acceptors (Lipinski definition) is 4. The molecule has 0 aliphatic heterocycles. The Labute approximate surface area is 71.6 Å². The van der Waals surface area contributed by atoms with Crippen molar-refractivity contribution < 1.29 is 14.3 Å². The molecule has 0 radical (unpaired) electrons. The van der Waals surface area contributed by atoms with Crippen LogP contribution in [0.15, 0.2) is 4.99 Å². The highest BCUT2D eigenvalue weighted by Crippen LogP contribution is 1.92. The lowest BCUT2D eigenvalue weighted by atomic mass is 10.3. The number of isocyanates is 1. The molecular formula is C8H13NO3. The molecule has 0 amide bonds. The van der Waals surface area contributed by atoms with Gasteiger partial charge in [0, 0.05) is 12.8 Å². The molecule has 0 aromatic rings. The number of aliphatic imine (C=N–C) groups is 1. The first-order valence-electron chi connectivity index (χ1n) is 4.00. The average Bonchev–Trinajstić information content (AvgIpc) is 2.05. The smallest absolute Gasteiger partial charge is 0.305 e. The molecular weight excluding hydrogens is 158 g/mol. The first-order chi connectivity index (χ1) is 5.81. The zero-order chi connectivity index (χ0) is 9.23. The lowest BCUT2D eigenvalue weighted by Gasteiger charge is -2.00. The molecule has 0 N–H and O–H groups in total. The summed E-state index contributed by atoms with van der Waals surface area (Å²) in [5.41, 5.74) is 0. The first kappa shape index (κ1) is 10.8. The molecule has 4 nitrogen and oxygen atoms in total. The number of ether oxygens (including phenoxy) is 1. The van der Waals surface area contributed by atoms with Crippen LogP contribution in [0.3, 0.4) is 0 Å². The van der Waals surface area contributed by atoms with Crippen molar-refractivity contribution in [3.63, 3.8) is 0 Å². The molecule has 0 aliphatic carbocycles. The zero-order valence-electron chi connectivity index (χ0n) is 7.21. The third kappa shape index (κ3) is 6.96. The molecule has 0 aliphatic rings. The lowest BCUT2D eigenvalue weighted by molar-refractivity contribution is -0.143. The van der Waals surface area contributed by atoms with Gasteiger partial charge in [-0.2, -0.15) is 0 Å². The van der Waals surface area contributed by atoms with E-state index in [0.29, 0.717) is 26.0 Å². The second-order valence-electron chi connectivity index (χ2n) is 2.30. The number of esters is 1. The van der Waals surface area contributed by atoms with Crippen molar-refractivity contribution in [2.45, 2.75) is 26.2 Å². The molecule has 12 heavy (non-hydrogen) atoms. The SMILES string of the molecule is CCCC(=O)OCCCN=C=O. The van der Waals surface area contributed by atoms with Gasteiger partial charge in [0.15, 0.2) is 0 Å². The summed E-state index contributed by atoms with van der Waals surface area (Å²) in [7, 11) is 0. The summed E-state index contributed by atoms with van der Waals surface area (Å²) in [5, 5.41) is 0. The summed E-state index contributed by atoms with van der Waals surface area (Å²) in [4.78, 5) is 23.7. The summed E-state index contributed by atoms with van der Waals surface area (Å²) in [6, 6.07) is 0. The van der Waals surface area contributed by atoms with Crippen LogP contribution in [0.2, 0.25) is 0 Å². The van der Waals surface area contributed by atoms with Crippen molar-refractivity contribution in [2.24, 2.45) is 4.99 Å². The summed E-state index contributed by atoms with van der Waals surface area (Å²) in [5.74, 6) is -0.187. The van der Waals surface area contributed by atoms with Crippen LogP contribution in [0, 0.1) is 0 Å². The van der Waals surface area contributed by atoms with E-state index in [1.807, 2.05) is 6.92 Å². The number of rotatable bonds is 6. The van der Waals surface area contributed by atoms with Gasteiger partial charge >= 0.3 is 5.97 Å². The summed E-state index contributed by atoms with van der Waals surface area (Å²) >= 11 is 0. The monoisotopic (exact) mass is 171 g/mol. The fourth-order valence-corrected chi connectivity index (χ4v) is 0.652. The maximum atomic E-state index is 10.7. The second kappa shape index (κ2) is 7.95. The normalized spacial score (nSPS) is 8.75. The third-order valence-electron chi connectivity index (χ3n) is 1.20. The average molecular weight is 171 g/mol. The van der Waals surface area contributed by atoms with Crippen LogP contribution in [-0.4, -0.2) is 25.2 Å². The van der Waals surface area contributed by atoms with Crippen molar-refractivity contribution >= 4 is 12.0 Å². The van der Waals surface area contributed by atoms with Crippen LogP contribution >= 0.6 is 0 Å². The van der Waals surface area contributed by atoms with Crippen LogP contribution in [0.5, 0.6) is 0 Å². The Bertz CT molecular complexity index is 173. The maximum absolute atomic E-state index is 10.7. The van der Waals surface area contributed by atoms with Crippen LogP contribution in [0.1, 0.15) is 26.2 Å². The molecule has 68 valence electrons. The van der Waals surface area contributed by atoms with Gasteiger partial charge in [-0.05, 0) is 6.42 Å². The molecule has 0 bridgehead atoms. The van der Waals surface area contributed by atoms with E-state index < -0.39 is 0 Å². The summed E-state index contributed by atoms with van der Waals surface area (Å²) in [6.45, 7) is 2.63. The maximum Gasteiger partial charge on any atom is 0.305 e. The molecule has 0 unspecified atom stereocenters. The van der Waals surface area contributed by atoms with Crippen LogP contribution in [-0.2, 0) is 14.3 Å². The van der Waals surface area contributed by atoms with E-state index in [1.165, 1.54) is 6.08 Å². The number of hydrogen-bond donors (Lipinski definition) is 0. The fourth-order valence-electron chi connectivity index (χ4n) is 0.652. The Hall–Kier alpha value is -1.15. The summed E-state index contributed by atoms with van der Waals surface area (Å²) in [6.07, 6.45) is 3.26. The van der Waals surface area contributed by atoms with Gasteiger partial charge in [-0.25, -0.2) is 9.79 Å². The van der Waals surface area contributed by atoms with Crippen molar-refractivity contribution in [2.75, 3.05) is 13.2 Å². The standard InChI is InChI=1S/C8H13NO3/c1-2-4-8(11)12-6-3-5-9-7-10/h2-6H2,1H3. The molecule has 4 heteroatoms. The third-order valence-corrected chi connectivity index (χ3v) is 1.20. The van der Waals surface area contributed by atoms with Gasteiger partial charge in [0.1, 0.15) is 0 Å². The van der Waals surface area contributed by atoms with Gasteiger partial charge in [0.05, 0.1) is 13.2 Å². The number of carbonyl (C=O) groups excluding carboxylic acids is 2. The second-order valence-corrected chi connectivity index (χ2v) is 2.30. The lowest BCUT2D eigenvalue weighted by Crippen LogP contribution is -2.05. The zero-order valence-corrected chi connectivity index (χ0v) is 7.21. The van der Waals surface area contributed by atoms with Gasteiger partial charge < -0.3 is 4.74 Å². The highest BCUT2D eigenvalue weighted by Gasteiger charge is 1.98. The van der Waals surface area contributed by atoms with Crippen molar-refractivity contribution in [1.29, 1.82) is 0 Å². The van der Waals surface area contributed by atoms with E-state index in [1.54, 1.807) is 0 Å². The molecule has 0 atom stereocenters. The Morgan fingerprint density at radius 1 is 1.58 bits per heavy atom. The van der Waals surface area contributed by atoms with E-state index in [2.05, 4.69) is 4.99 Å². The number of nitrogens with zero attached hydrogens (tertiary/aromatic N) is 1. The Balaban J connectivity index is 3.19. The highest BCUT2D eigenvalue weighted by atomic mass is 16.5. The molecule has 0 aromatic heterocycles. The van der Waals surface area contributed by atoms with E-state index in [9.17, 15) is 9.59 Å². The van der Waals surface area contributed by atoms with E-state index >= 15 is 0 Å². The van der Waals surface area contributed by atoms with Gasteiger partial charge in [-0.1, -0.05) is 6.92 Å². The molecule has 0 fully saturated rings. The van der Waals surface area contributed by atoms with Crippen molar-refractivity contribution in [3.8, 4) is 0 Å². The predicted molar refractivity (Wildman–Crippen MR) is 43.5 cm³/mol. The Morgan fingerprint density at radius 3 is 2.92 bits per heavy atom. The van der Waals surface area contributed by atoms with Crippen molar-refractivity contribution in [1.82, 2.24) is 0 Å². The minimum Gasteiger partial charge on any atom is -0.466 e. The highest BCUT2D eigenvalue weighted by molar-refractivity contribution is 5.69. The van der Waals surface area contributed by atoms with Crippen LogP contribution in [0.4, 0.5) is 0 Å². The summed E-state index contributed by atoms with van der Waals surface area (Å²) < 4.78 is 4.80. The van der Waals surface area contributed by atoms with E-state index in [-0.39, 0.29) is 5.97 Å². The topological polar surface area (TPSA) is 55.7 Å². The fraction of sp³-hybridized carbons (Fsp3) is 0.750. The van der Waals surface area contributed by atoms with Gasteiger partial charge in [-0.15, -0.1) is 0 Å². The minimum atomic E-state index is -0.187. The molecule has 0 rings (SSSR count). The quantitative estimate of drug-likeness (QED) is 0.260. The van der Waals surface area contributed by atoms with Gasteiger partial charge in [0.2, 0.25) is 6.08 Å². The molecule has 0 spiro atoms. The van der Waals surface area contributed by atoms with Crippen molar-refractivity contribution in [3.05, 3.63) is 0 Å².